The molecule has 0 fully saturated rings. The molecule has 0 aliphatic carbocycles. The summed E-state index contributed by atoms with van der Waals surface area (Å²) in [5.74, 6) is 0.738. The second-order valence-electron chi connectivity index (χ2n) is 3.74. The van der Waals surface area contributed by atoms with E-state index in [-0.39, 0.29) is 6.10 Å². The van der Waals surface area contributed by atoms with Crippen molar-refractivity contribution in [2.24, 2.45) is 0 Å². The molecule has 1 aromatic heterocycles. The first-order valence-electron chi connectivity index (χ1n) is 5.18. The normalized spacial score (nSPS) is 10.7. The molecule has 15 heavy (non-hydrogen) atoms. The molecule has 0 atom stereocenters. The Labute approximate surface area is 90.8 Å². The van der Waals surface area contributed by atoms with Gasteiger partial charge in [0.2, 0.25) is 0 Å². The molecule has 1 rings (SSSR count). The summed E-state index contributed by atoms with van der Waals surface area (Å²) in [5, 5.41) is 3.15. The van der Waals surface area contributed by atoms with E-state index in [1.54, 1.807) is 6.20 Å². The molecule has 84 valence electrons. The average molecular weight is 209 g/mol. The van der Waals surface area contributed by atoms with Gasteiger partial charge < -0.3 is 15.8 Å². The zero-order chi connectivity index (χ0) is 11.3. The van der Waals surface area contributed by atoms with Crippen molar-refractivity contribution in [2.45, 2.75) is 26.9 Å². The van der Waals surface area contributed by atoms with E-state index in [0.29, 0.717) is 12.3 Å². The molecule has 0 amide bonds. The minimum atomic E-state index is 0.259. The molecule has 0 bridgehead atoms. The standard InChI is InChI=1S/C11H19N3O/c1-8(2)15-7-6-14-11-10(12)9(3)4-5-13-11/h4-5,8H,6-7,12H2,1-3H3,(H,13,14). The van der Waals surface area contributed by atoms with Crippen molar-refractivity contribution in [2.75, 3.05) is 24.2 Å². The zero-order valence-corrected chi connectivity index (χ0v) is 9.58. The number of nitrogens with zero attached hydrogens (tertiary/aromatic N) is 1. The van der Waals surface area contributed by atoms with Gasteiger partial charge in [0.25, 0.3) is 0 Å². The van der Waals surface area contributed by atoms with Crippen LogP contribution in [0.2, 0.25) is 0 Å². The topological polar surface area (TPSA) is 60.2 Å². The fourth-order valence-corrected chi connectivity index (χ4v) is 1.17. The first kappa shape index (κ1) is 11.8. The highest BCUT2D eigenvalue weighted by atomic mass is 16.5. The van der Waals surface area contributed by atoms with Crippen LogP contribution in [0.5, 0.6) is 0 Å². The second-order valence-corrected chi connectivity index (χ2v) is 3.74. The van der Waals surface area contributed by atoms with Crippen LogP contribution in [0.3, 0.4) is 0 Å². The Kier molecular flexibility index (Phi) is 4.37. The van der Waals surface area contributed by atoms with E-state index >= 15 is 0 Å². The van der Waals surface area contributed by atoms with Crippen molar-refractivity contribution >= 4 is 11.5 Å². The molecule has 0 radical (unpaired) electrons. The van der Waals surface area contributed by atoms with Gasteiger partial charge in [0.1, 0.15) is 5.82 Å². The highest BCUT2D eigenvalue weighted by Crippen LogP contribution is 2.17. The van der Waals surface area contributed by atoms with Gasteiger partial charge in [-0.15, -0.1) is 0 Å². The molecule has 1 aromatic rings. The van der Waals surface area contributed by atoms with Crippen LogP contribution in [-0.4, -0.2) is 24.2 Å². The van der Waals surface area contributed by atoms with Crippen LogP contribution >= 0.6 is 0 Å². The molecule has 0 spiro atoms. The lowest BCUT2D eigenvalue weighted by Gasteiger charge is -2.11. The fraction of sp³-hybridized carbons (Fsp3) is 0.545. The lowest BCUT2D eigenvalue weighted by molar-refractivity contribution is 0.0870. The Bertz CT molecular complexity index is 313. The predicted octanol–water partition coefficient (Wildman–Crippen LogP) is 1.81. The minimum Gasteiger partial charge on any atom is -0.396 e. The summed E-state index contributed by atoms with van der Waals surface area (Å²) in [6.07, 6.45) is 2.01. The van der Waals surface area contributed by atoms with Crippen LogP contribution in [0.25, 0.3) is 0 Å². The van der Waals surface area contributed by atoms with Gasteiger partial charge in [0.05, 0.1) is 18.4 Å². The van der Waals surface area contributed by atoms with Crippen LogP contribution < -0.4 is 11.1 Å². The number of anilines is 2. The van der Waals surface area contributed by atoms with Crippen molar-refractivity contribution < 1.29 is 4.74 Å². The van der Waals surface area contributed by atoms with Crippen molar-refractivity contribution in [3.8, 4) is 0 Å². The summed E-state index contributed by atoms with van der Waals surface area (Å²) in [6.45, 7) is 7.37. The number of hydrogen-bond donors (Lipinski definition) is 2. The van der Waals surface area contributed by atoms with Gasteiger partial charge in [-0.2, -0.15) is 0 Å². The quantitative estimate of drug-likeness (QED) is 0.726. The summed E-state index contributed by atoms with van der Waals surface area (Å²) in [7, 11) is 0. The van der Waals surface area contributed by atoms with E-state index in [2.05, 4.69) is 10.3 Å². The Morgan fingerprint density at radius 1 is 1.53 bits per heavy atom. The van der Waals surface area contributed by atoms with Gasteiger partial charge in [0.15, 0.2) is 0 Å². The predicted molar refractivity (Wildman–Crippen MR) is 63.0 cm³/mol. The van der Waals surface area contributed by atoms with Crippen molar-refractivity contribution in [1.82, 2.24) is 4.98 Å². The second kappa shape index (κ2) is 5.56. The van der Waals surface area contributed by atoms with Crippen LogP contribution in [0, 0.1) is 6.92 Å². The number of aromatic nitrogens is 1. The molecule has 0 saturated heterocycles. The van der Waals surface area contributed by atoms with E-state index in [9.17, 15) is 0 Å². The third kappa shape index (κ3) is 3.75. The molecule has 4 nitrogen and oxygen atoms in total. The molecule has 0 aliphatic heterocycles. The molecule has 3 N–H and O–H groups in total. The summed E-state index contributed by atoms with van der Waals surface area (Å²) < 4.78 is 5.40. The first-order valence-corrected chi connectivity index (χ1v) is 5.18. The third-order valence-corrected chi connectivity index (χ3v) is 2.05. The Hall–Kier alpha value is -1.29. The first-order chi connectivity index (χ1) is 7.11. The number of rotatable bonds is 5. The highest BCUT2D eigenvalue weighted by molar-refractivity contribution is 5.64. The van der Waals surface area contributed by atoms with E-state index in [4.69, 9.17) is 10.5 Å². The SMILES string of the molecule is Cc1ccnc(NCCOC(C)C)c1N. The average Bonchev–Trinajstić information content (AvgIpc) is 2.18. The summed E-state index contributed by atoms with van der Waals surface area (Å²) >= 11 is 0. The number of pyridine rings is 1. The fourth-order valence-electron chi connectivity index (χ4n) is 1.17. The monoisotopic (exact) mass is 209 g/mol. The molecular formula is C11H19N3O. The minimum absolute atomic E-state index is 0.259. The number of ether oxygens (including phenoxy) is 1. The molecule has 0 unspecified atom stereocenters. The Morgan fingerprint density at radius 2 is 2.27 bits per heavy atom. The molecule has 0 aliphatic rings. The van der Waals surface area contributed by atoms with Gasteiger partial charge in [0, 0.05) is 12.7 Å². The van der Waals surface area contributed by atoms with Crippen molar-refractivity contribution in [1.29, 1.82) is 0 Å². The number of aryl methyl sites for hydroxylation is 1. The Balaban J connectivity index is 2.41. The number of nitrogen functional groups attached to an aromatic ring is 1. The van der Waals surface area contributed by atoms with Crippen LogP contribution in [0.1, 0.15) is 19.4 Å². The van der Waals surface area contributed by atoms with E-state index in [1.807, 2.05) is 26.8 Å². The van der Waals surface area contributed by atoms with Crippen molar-refractivity contribution in [3.05, 3.63) is 17.8 Å². The molecule has 0 aromatic carbocycles. The van der Waals surface area contributed by atoms with Crippen LogP contribution in [-0.2, 0) is 4.74 Å². The third-order valence-electron chi connectivity index (χ3n) is 2.05. The highest BCUT2D eigenvalue weighted by Gasteiger charge is 2.01. The number of hydrogen-bond acceptors (Lipinski definition) is 4. The summed E-state index contributed by atoms with van der Waals surface area (Å²) in [4.78, 5) is 4.16. The van der Waals surface area contributed by atoms with E-state index in [0.717, 1.165) is 17.9 Å². The van der Waals surface area contributed by atoms with Gasteiger partial charge >= 0.3 is 0 Å². The van der Waals surface area contributed by atoms with E-state index < -0.39 is 0 Å². The van der Waals surface area contributed by atoms with Gasteiger partial charge in [-0.1, -0.05) is 0 Å². The maximum absolute atomic E-state index is 5.86. The smallest absolute Gasteiger partial charge is 0.149 e. The maximum atomic E-state index is 5.86. The van der Waals surface area contributed by atoms with Gasteiger partial charge in [-0.05, 0) is 32.4 Å². The maximum Gasteiger partial charge on any atom is 0.149 e. The van der Waals surface area contributed by atoms with Gasteiger partial charge in [-0.25, -0.2) is 4.98 Å². The number of nitrogens with two attached hydrogens (primary N) is 1. The van der Waals surface area contributed by atoms with Crippen molar-refractivity contribution in [3.63, 3.8) is 0 Å². The zero-order valence-electron chi connectivity index (χ0n) is 9.58. The summed E-state index contributed by atoms with van der Waals surface area (Å²) in [5.41, 5.74) is 7.61. The van der Waals surface area contributed by atoms with Crippen LogP contribution in [0.4, 0.5) is 11.5 Å². The molecule has 4 heteroatoms. The Morgan fingerprint density at radius 3 is 2.93 bits per heavy atom. The van der Waals surface area contributed by atoms with Gasteiger partial charge in [-0.3, -0.25) is 0 Å². The molecule has 0 saturated carbocycles. The lowest BCUT2D eigenvalue weighted by atomic mass is 10.2. The number of nitrogens with one attached hydrogen (secondary N) is 1. The largest absolute Gasteiger partial charge is 0.396 e. The van der Waals surface area contributed by atoms with E-state index in [1.165, 1.54) is 0 Å². The lowest BCUT2D eigenvalue weighted by Crippen LogP contribution is -2.14. The summed E-state index contributed by atoms with van der Waals surface area (Å²) in [6, 6.07) is 1.89. The molecular weight excluding hydrogens is 190 g/mol. The molecule has 1 heterocycles. The van der Waals surface area contributed by atoms with Crippen LogP contribution in [0.15, 0.2) is 12.3 Å².